The van der Waals surface area contributed by atoms with Crippen molar-refractivity contribution in [2.45, 2.75) is 38.0 Å². The Labute approximate surface area is 114 Å². The van der Waals surface area contributed by atoms with Crippen molar-refractivity contribution in [3.8, 4) is 5.75 Å². The van der Waals surface area contributed by atoms with Crippen LogP contribution in [0.4, 0.5) is 0 Å². The monoisotopic (exact) mass is 258 g/mol. The Morgan fingerprint density at radius 1 is 1.00 bits per heavy atom. The molecule has 4 fully saturated rings. The van der Waals surface area contributed by atoms with Crippen LogP contribution in [0.2, 0.25) is 0 Å². The molecule has 0 aliphatic heterocycles. The lowest BCUT2D eigenvalue weighted by Gasteiger charge is -2.61. The summed E-state index contributed by atoms with van der Waals surface area (Å²) in [5.74, 6) is 3.32. The predicted molar refractivity (Wildman–Crippen MR) is 73.9 cm³/mol. The van der Waals surface area contributed by atoms with Gasteiger partial charge in [0.2, 0.25) is 0 Å². The van der Waals surface area contributed by atoms with Crippen LogP contribution in [0.1, 0.15) is 43.6 Å². The van der Waals surface area contributed by atoms with Crippen LogP contribution in [0.3, 0.4) is 0 Å². The molecular weight excluding hydrogens is 236 g/mol. The SMILES string of the molecule is OCC12CC3CC(CC(C3)C1c1ccc(O)cc1)C2. The molecule has 0 spiro atoms. The van der Waals surface area contributed by atoms with Gasteiger partial charge >= 0.3 is 0 Å². The van der Waals surface area contributed by atoms with E-state index < -0.39 is 0 Å². The minimum absolute atomic E-state index is 0.131. The van der Waals surface area contributed by atoms with Crippen molar-refractivity contribution in [3.63, 3.8) is 0 Å². The average Bonchev–Trinajstić information content (AvgIpc) is 2.39. The molecule has 2 N–H and O–H groups in total. The molecule has 4 aliphatic carbocycles. The summed E-state index contributed by atoms with van der Waals surface area (Å²) >= 11 is 0. The zero-order valence-corrected chi connectivity index (χ0v) is 11.3. The minimum atomic E-state index is 0.131. The van der Waals surface area contributed by atoms with E-state index in [0.29, 0.717) is 18.3 Å². The number of phenols is 1. The maximum atomic E-state index is 10.1. The van der Waals surface area contributed by atoms with Gasteiger partial charge < -0.3 is 10.2 Å². The molecule has 102 valence electrons. The summed E-state index contributed by atoms with van der Waals surface area (Å²) in [4.78, 5) is 0. The Kier molecular flexibility index (Phi) is 2.47. The largest absolute Gasteiger partial charge is 0.508 e. The van der Waals surface area contributed by atoms with Gasteiger partial charge in [-0.1, -0.05) is 12.1 Å². The second kappa shape index (κ2) is 3.99. The first-order chi connectivity index (χ1) is 9.20. The summed E-state index contributed by atoms with van der Waals surface area (Å²) in [7, 11) is 0. The molecule has 1 aromatic rings. The topological polar surface area (TPSA) is 40.5 Å². The molecule has 4 saturated carbocycles. The quantitative estimate of drug-likeness (QED) is 0.854. The van der Waals surface area contributed by atoms with Crippen LogP contribution in [-0.2, 0) is 0 Å². The van der Waals surface area contributed by atoms with Gasteiger partial charge in [0.25, 0.3) is 0 Å². The fraction of sp³-hybridized carbons (Fsp3) is 0.647. The van der Waals surface area contributed by atoms with Crippen LogP contribution in [0, 0.1) is 23.2 Å². The van der Waals surface area contributed by atoms with Crippen LogP contribution in [0.5, 0.6) is 5.75 Å². The van der Waals surface area contributed by atoms with Crippen LogP contribution in [0.25, 0.3) is 0 Å². The zero-order valence-electron chi connectivity index (χ0n) is 11.3. The van der Waals surface area contributed by atoms with E-state index >= 15 is 0 Å². The molecular formula is C17H22O2. The Balaban J connectivity index is 1.75. The van der Waals surface area contributed by atoms with Gasteiger partial charge in [-0.3, -0.25) is 0 Å². The molecule has 0 saturated heterocycles. The fourth-order valence-corrected chi connectivity index (χ4v) is 5.74. The molecule has 2 heteroatoms. The Hall–Kier alpha value is -1.02. The summed E-state index contributed by atoms with van der Waals surface area (Å²) in [6.45, 7) is 0.335. The Bertz CT molecular complexity index is 465. The molecule has 4 bridgehead atoms. The highest BCUT2D eigenvalue weighted by Gasteiger charge is 2.56. The average molecular weight is 258 g/mol. The Morgan fingerprint density at radius 3 is 2.21 bits per heavy atom. The molecule has 3 atom stereocenters. The molecule has 3 unspecified atom stereocenters. The van der Waals surface area contributed by atoms with E-state index in [-0.39, 0.29) is 5.41 Å². The first-order valence-corrected chi connectivity index (χ1v) is 7.60. The van der Waals surface area contributed by atoms with E-state index in [0.717, 1.165) is 17.8 Å². The number of aromatic hydroxyl groups is 1. The van der Waals surface area contributed by atoms with E-state index in [4.69, 9.17) is 0 Å². The third-order valence-corrected chi connectivity index (χ3v) is 6.03. The van der Waals surface area contributed by atoms with Gasteiger partial charge in [0.1, 0.15) is 5.75 Å². The molecule has 1 aromatic carbocycles. The summed E-state index contributed by atoms with van der Waals surface area (Å²) in [5.41, 5.74) is 1.46. The molecule has 4 aliphatic rings. The number of phenolic OH excluding ortho intramolecular Hbond substituents is 1. The summed E-state index contributed by atoms with van der Waals surface area (Å²) in [5, 5.41) is 19.5. The standard InChI is InChI=1S/C17H22O2/c18-10-17-8-11-5-12(9-17)7-14(6-11)16(17)13-1-3-15(19)4-2-13/h1-4,11-12,14,16,18-19H,5-10H2. The lowest BCUT2D eigenvalue weighted by atomic mass is 9.44. The zero-order chi connectivity index (χ0) is 13.0. The normalized spacial score (nSPS) is 43.6. The number of aliphatic hydroxyl groups excluding tert-OH is 1. The van der Waals surface area contributed by atoms with Crippen LogP contribution < -0.4 is 0 Å². The highest BCUT2D eigenvalue weighted by atomic mass is 16.3. The fourth-order valence-electron chi connectivity index (χ4n) is 5.74. The van der Waals surface area contributed by atoms with Crippen molar-refractivity contribution in [1.29, 1.82) is 0 Å². The van der Waals surface area contributed by atoms with Crippen molar-refractivity contribution in [3.05, 3.63) is 29.8 Å². The molecule has 5 rings (SSSR count). The number of benzene rings is 1. The van der Waals surface area contributed by atoms with Gasteiger partial charge in [-0.05, 0) is 73.5 Å². The van der Waals surface area contributed by atoms with Gasteiger partial charge in [0.15, 0.2) is 0 Å². The number of rotatable bonds is 2. The smallest absolute Gasteiger partial charge is 0.115 e. The van der Waals surface area contributed by atoms with Gasteiger partial charge in [-0.15, -0.1) is 0 Å². The van der Waals surface area contributed by atoms with Crippen molar-refractivity contribution in [2.75, 3.05) is 6.61 Å². The van der Waals surface area contributed by atoms with Crippen molar-refractivity contribution < 1.29 is 10.2 Å². The summed E-state index contributed by atoms with van der Waals surface area (Å²) in [6.07, 6.45) is 6.53. The minimum Gasteiger partial charge on any atom is -0.508 e. The first kappa shape index (κ1) is 11.8. The third-order valence-electron chi connectivity index (χ3n) is 6.03. The molecule has 0 radical (unpaired) electrons. The van der Waals surface area contributed by atoms with E-state index in [1.54, 1.807) is 12.1 Å². The number of hydrogen-bond donors (Lipinski definition) is 2. The highest BCUT2D eigenvalue weighted by molar-refractivity contribution is 5.32. The number of aliphatic hydroxyl groups is 1. The second-order valence-electron chi connectivity index (χ2n) is 7.20. The van der Waals surface area contributed by atoms with Crippen LogP contribution >= 0.6 is 0 Å². The summed E-state index contributed by atoms with van der Waals surface area (Å²) in [6, 6.07) is 7.73. The van der Waals surface area contributed by atoms with E-state index in [2.05, 4.69) is 12.1 Å². The van der Waals surface area contributed by atoms with Crippen LogP contribution in [0.15, 0.2) is 24.3 Å². The van der Waals surface area contributed by atoms with E-state index in [1.807, 2.05) is 0 Å². The van der Waals surface area contributed by atoms with Crippen LogP contribution in [-0.4, -0.2) is 16.8 Å². The first-order valence-electron chi connectivity index (χ1n) is 7.60. The lowest BCUT2D eigenvalue weighted by molar-refractivity contribution is -0.101. The maximum Gasteiger partial charge on any atom is 0.115 e. The van der Waals surface area contributed by atoms with Gasteiger partial charge in [-0.25, -0.2) is 0 Å². The molecule has 2 nitrogen and oxygen atoms in total. The van der Waals surface area contributed by atoms with E-state index in [1.165, 1.54) is 37.7 Å². The summed E-state index contributed by atoms with van der Waals surface area (Å²) < 4.78 is 0. The van der Waals surface area contributed by atoms with Crippen molar-refractivity contribution in [2.24, 2.45) is 23.2 Å². The van der Waals surface area contributed by atoms with Crippen molar-refractivity contribution in [1.82, 2.24) is 0 Å². The number of hydrogen-bond acceptors (Lipinski definition) is 2. The molecule has 0 aromatic heterocycles. The van der Waals surface area contributed by atoms with E-state index in [9.17, 15) is 10.2 Å². The third kappa shape index (κ3) is 1.66. The highest BCUT2D eigenvalue weighted by Crippen LogP contribution is 2.65. The molecule has 0 heterocycles. The predicted octanol–water partition coefficient (Wildman–Crippen LogP) is 3.29. The lowest BCUT2D eigenvalue weighted by Crippen LogP contribution is -2.53. The maximum absolute atomic E-state index is 10.1. The Morgan fingerprint density at radius 2 is 1.63 bits per heavy atom. The van der Waals surface area contributed by atoms with Gasteiger partial charge in [0.05, 0.1) is 0 Å². The van der Waals surface area contributed by atoms with Gasteiger partial charge in [0, 0.05) is 12.0 Å². The van der Waals surface area contributed by atoms with Crippen molar-refractivity contribution >= 4 is 0 Å². The second-order valence-corrected chi connectivity index (χ2v) is 7.20. The molecule has 0 amide bonds. The van der Waals surface area contributed by atoms with Gasteiger partial charge in [-0.2, -0.15) is 0 Å². The molecule has 19 heavy (non-hydrogen) atoms.